The van der Waals surface area contributed by atoms with Crippen molar-refractivity contribution in [2.45, 2.75) is 23.2 Å². The Morgan fingerprint density at radius 1 is 1.04 bits per heavy atom. The summed E-state index contributed by atoms with van der Waals surface area (Å²) in [7, 11) is -3.57. The molecule has 2 N–H and O–H groups in total. The van der Waals surface area contributed by atoms with Gasteiger partial charge in [-0.25, -0.2) is 13.1 Å². The highest BCUT2D eigenvalue weighted by Gasteiger charge is 2.46. The van der Waals surface area contributed by atoms with Crippen LogP contribution in [0.15, 0.2) is 53.6 Å². The maximum absolute atomic E-state index is 12.5. The Kier molecular flexibility index (Phi) is 4.07. The van der Waals surface area contributed by atoms with Crippen LogP contribution in [0.1, 0.15) is 18.4 Å². The fourth-order valence-electron chi connectivity index (χ4n) is 3.15. The van der Waals surface area contributed by atoms with Crippen LogP contribution >= 0.6 is 23.2 Å². The molecule has 0 spiro atoms. The SMILES string of the molecule is O=S(=O)(NCC1(c2c[nH]c3ccc(Cl)cc23)CC1)c1ccc(Cl)cc1. The lowest BCUT2D eigenvalue weighted by Crippen LogP contribution is -2.32. The summed E-state index contributed by atoms with van der Waals surface area (Å²) in [6.07, 6.45) is 3.84. The minimum Gasteiger partial charge on any atom is -0.361 e. The largest absolute Gasteiger partial charge is 0.361 e. The Morgan fingerprint density at radius 3 is 2.40 bits per heavy atom. The van der Waals surface area contributed by atoms with E-state index < -0.39 is 10.0 Å². The quantitative estimate of drug-likeness (QED) is 0.669. The lowest BCUT2D eigenvalue weighted by Gasteiger charge is -2.16. The zero-order valence-electron chi connectivity index (χ0n) is 13.2. The molecule has 1 aliphatic rings. The number of H-pyrrole nitrogens is 1. The Hall–Kier alpha value is -1.53. The highest BCUT2D eigenvalue weighted by atomic mass is 35.5. The van der Waals surface area contributed by atoms with Gasteiger partial charge in [-0.2, -0.15) is 0 Å². The maximum Gasteiger partial charge on any atom is 0.240 e. The number of hydrogen-bond acceptors (Lipinski definition) is 2. The van der Waals surface area contributed by atoms with Gasteiger partial charge in [0.25, 0.3) is 0 Å². The van der Waals surface area contributed by atoms with Gasteiger partial charge >= 0.3 is 0 Å². The molecule has 0 unspecified atom stereocenters. The summed E-state index contributed by atoms with van der Waals surface area (Å²) in [6, 6.07) is 11.9. The number of sulfonamides is 1. The van der Waals surface area contributed by atoms with Crippen LogP contribution in [-0.2, 0) is 15.4 Å². The van der Waals surface area contributed by atoms with Gasteiger partial charge < -0.3 is 4.98 Å². The first-order valence-electron chi connectivity index (χ1n) is 7.92. The van der Waals surface area contributed by atoms with Gasteiger partial charge in [0.1, 0.15) is 0 Å². The number of rotatable bonds is 5. The Bertz CT molecular complexity index is 1040. The molecule has 0 bridgehead atoms. The van der Waals surface area contributed by atoms with Gasteiger partial charge in [0, 0.05) is 39.1 Å². The van der Waals surface area contributed by atoms with Gasteiger partial charge in [0.2, 0.25) is 10.0 Å². The molecule has 1 fully saturated rings. The van der Waals surface area contributed by atoms with Crippen molar-refractivity contribution in [3.63, 3.8) is 0 Å². The Labute approximate surface area is 156 Å². The molecular formula is C18H16Cl2N2O2S. The summed E-state index contributed by atoms with van der Waals surface area (Å²) in [4.78, 5) is 3.46. The molecule has 0 atom stereocenters. The molecule has 1 aromatic heterocycles. The fraction of sp³-hybridized carbons (Fsp3) is 0.222. The highest BCUT2D eigenvalue weighted by molar-refractivity contribution is 7.89. The second kappa shape index (κ2) is 6.02. The zero-order valence-corrected chi connectivity index (χ0v) is 15.5. The van der Waals surface area contributed by atoms with E-state index in [1.54, 1.807) is 12.1 Å². The summed E-state index contributed by atoms with van der Waals surface area (Å²) in [5, 5.41) is 2.23. The second-order valence-electron chi connectivity index (χ2n) is 6.45. The van der Waals surface area contributed by atoms with Crippen molar-refractivity contribution < 1.29 is 8.42 Å². The predicted octanol–water partition coefficient (Wildman–Crippen LogP) is 4.48. The number of nitrogens with one attached hydrogen (secondary N) is 2. The molecule has 0 amide bonds. The van der Waals surface area contributed by atoms with Crippen molar-refractivity contribution in [3.05, 3.63) is 64.3 Å². The van der Waals surface area contributed by atoms with Crippen LogP contribution in [0.4, 0.5) is 0 Å². The van der Waals surface area contributed by atoms with E-state index in [4.69, 9.17) is 23.2 Å². The van der Waals surface area contributed by atoms with Crippen LogP contribution in [0.3, 0.4) is 0 Å². The molecular weight excluding hydrogens is 379 g/mol. The summed E-state index contributed by atoms with van der Waals surface area (Å²) in [5.41, 5.74) is 1.94. The van der Waals surface area contributed by atoms with Crippen LogP contribution in [0.25, 0.3) is 10.9 Å². The first-order chi connectivity index (χ1) is 11.9. The van der Waals surface area contributed by atoms with E-state index in [0.29, 0.717) is 16.6 Å². The third-order valence-electron chi connectivity index (χ3n) is 4.79. The summed E-state index contributed by atoms with van der Waals surface area (Å²) >= 11 is 12.0. The first-order valence-corrected chi connectivity index (χ1v) is 10.2. The molecule has 4 nitrogen and oxygen atoms in total. The molecule has 0 aliphatic heterocycles. The van der Waals surface area contributed by atoms with Crippen molar-refractivity contribution in [2.24, 2.45) is 0 Å². The Morgan fingerprint density at radius 2 is 1.72 bits per heavy atom. The van der Waals surface area contributed by atoms with E-state index in [1.165, 1.54) is 12.1 Å². The van der Waals surface area contributed by atoms with Crippen LogP contribution in [0, 0.1) is 0 Å². The number of halogens is 2. The minimum atomic E-state index is -3.57. The van der Waals surface area contributed by atoms with Crippen molar-refractivity contribution in [3.8, 4) is 0 Å². The van der Waals surface area contributed by atoms with Crippen molar-refractivity contribution >= 4 is 44.1 Å². The van der Waals surface area contributed by atoms with Crippen molar-refractivity contribution in [1.82, 2.24) is 9.71 Å². The third kappa shape index (κ3) is 3.17. The van der Waals surface area contributed by atoms with E-state index in [1.807, 2.05) is 24.4 Å². The molecule has 25 heavy (non-hydrogen) atoms. The van der Waals surface area contributed by atoms with E-state index >= 15 is 0 Å². The summed E-state index contributed by atoms with van der Waals surface area (Å²) in [6.45, 7) is 0.359. The van der Waals surface area contributed by atoms with Gasteiger partial charge in [-0.15, -0.1) is 0 Å². The number of benzene rings is 2. The van der Waals surface area contributed by atoms with Gasteiger partial charge in [0.05, 0.1) is 4.90 Å². The summed E-state index contributed by atoms with van der Waals surface area (Å²) in [5.74, 6) is 0. The Balaban J connectivity index is 1.59. The van der Waals surface area contributed by atoms with Gasteiger partial charge in [0.15, 0.2) is 0 Å². The molecule has 1 heterocycles. The highest BCUT2D eigenvalue weighted by Crippen LogP contribution is 2.50. The number of aromatic nitrogens is 1. The fourth-order valence-corrected chi connectivity index (χ4v) is 4.58. The lowest BCUT2D eigenvalue weighted by molar-refractivity contribution is 0.568. The topological polar surface area (TPSA) is 62.0 Å². The number of aromatic amines is 1. The normalized spacial score (nSPS) is 16.2. The average molecular weight is 395 g/mol. The van der Waals surface area contributed by atoms with Crippen molar-refractivity contribution in [2.75, 3.05) is 6.54 Å². The van der Waals surface area contributed by atoms with E-state index in [-0.39, 0.29) is 10.3 Å². The van der Waals surface area contributed by atoms with E-state index in [2.05, 4.69) is 9.71 Å². The third-order valence-corrected chi connectivity index (χ3v) is 6.70. The van der Waals surface area contributed by atoms with Gasteiger partial charge in [-0.05, 0) is 60.9 Å². The van der Waals surface area contributed by atoms with Gasteiger partial charge in [-0.3, -0.25) is 0 Å². The van der Waals surface area contributed by atoms with Crippen LogP contribution < -0.4 is 4.72 Å². The maximum atomic E-state index is 12.5. The molecule has 130 valence electrons. The standard InChI is InChI=1S/C18H16Cl2N2O2S/c19-12-1-4-14(5-2-12)25(23,24)22-11-18(7-8-18)16-10-21-17-6-3-13(20)9-15(16)17/h1-6,9-10,21-22H,7-8,11H2. The second-order valence-corrected chi connectivity index (χ2v) is 9.09. The molecule has 0 saturated heterocycles. The van der Waals surface area contributed by atoms with E-state index in [0.717, 1.165) is 29.3 Å². The molecule has 3 aromatic rings. The number of fused-ring (bicyclic) bond motifs is 1. The number of hydrogen-bond donors (Lipinski definition) is 2. The van der Waals surface area contributed by atoms with E-state index in [9.17, 15) is 8.42 Å². The van der Waals surface area contributed by atoms with Crippen LogP contribution in [0.2, 0.25) is 10.0 Å². The summed E-state index contributed by atoms with van der Waals surface area (Å²) < 4.78 is 27.8. The molecule has 2 aromatic carbocycles. The predicted molar refractivity (Wildman–Crippen MR) is 101 cm³/mol. The van der Waals surface area contributed by atoms with Crippen LogP contribution in [0.5, 0.6) is 0 Å². The molecule has 0 radical (unpaired) electrons. The minimum absolute atomic E-state index is 0.178. The lowest BCUT2D eigenvalue weighted by atomic mass is 9.96. The van der Waals surface area contributed by atoms with Gasteiger partial charge in [-0.1, -0.05) is 23.2 Å². The van der Waals surface area contributed by atoms with Crippen molar-refractivity contribution in [1.29, 1.82) is 0 Å². The monoisotopic (exact) mass is 394 g/mol. The zero-order chi connectivity index (χ0) is 17.7. The molecule has 7 heteroatoms. The smallest absolute Gasteiger partial charge is 0.240 e. The van der Waals surface area contributed by atoms with Crippen LogP contribution in [-0.4, -0.2) is 19.9 Å². The first kappa shape index (κ1) is 16.9. The molecule has 1 aliphatic carbocycles. The molecule has 1 saturated carbocycles. The molecule has 4 rings (SSSR count). The average Bonchev–Trinajstić information content (AvgIpc) is 3.26.